The van der Waals surface area contributed by atoms with Crippen LogP contribution in [-0.4, -0.2) is 110 Å². The van der Waals surface area contributed by atoms with Crippen molar-refractivity contribution in [3.63, 3.8) is 0 Å². The molecular weight excluding hydrogens is 759 g/mol. The van der Waals surface area contributed by atoms with E-state index in [2.05, 4.69) is 41.5 Å². The maximum atomic E-state index is 13.9. The van der Waals surface area contributed by atoms with Gasteiger partial charge in [0.1, 0.15) is 6.04 Å². The standard InChI is InChI=1S/C40H59N13O6/c1-26(54)49-38(59)31(14-9-21-47-40(43)44)50-34(55)24-48-37(58)30(13-8-20-46-39(41)42)45-19-7-6-10-27-17-22-52(23-18-27)25-35(56)53-32-15-4-2-11-28(32)36(57)51-29-12-3-5-16-33(29)53/h2-5,11-12,15-16,27,30-31,45H,6-10,13-14,17-25H2,1H3,(H,48,58)(H,50,55)(H,51,57)(H4,41,42,46)(H4,43,44,47)(H,49,54,59)/t30-,31-/m0/s1. The number of carbonyl (C=O) groups excluding carboxylic acids is 6. The molecule has 0 aromatic heterocycles. The van der Waals surface area contributed by atoms with E-state index in [0.29, 0.717) is 60.9 Å². The van der Waals surface area contributed by atoms with Crippen molar-refractivity contribution in [1.82, 2.24) is 26.2 Å². The van der Waals surface area contributed by atoms with E-state index in [1.807, 2.05) is 24.3 Å². The van der Waals surface area contributed by atoms with Crippen molar-refractivity contribution in [2.24, 2.45) is 38.8 Å². The molecule has 320 valence electrons. The molecule has 6 amide bonds. The Balaban J connectivity index is 1.22. The highest BCUT2D eigenvalue weighted by atomic mass is 16.2. The Kier molecular flexibility index (Phi) is 18.1. The number of benzene rings is 2. The van der Waals surface area contributed by atoms with Gasteiger partial charge in [0.15, 0.2) is 11.9 Å². The molecule has 0 aliphatic carbocycles. The number of piperidine rings is 1. The number of para-hydroxylation sites is 3. The number of nitrogens with two attached hydrogens (primary N) is 4. The van der Waals surface area contributed by atoms with Crippen LogP contribution in [0.15, 0.2) is 58.5 Å². The lowest BCUT2D eigenvalue weighted by atomic mass is 9.91. The fourth-order valence-corrected chi connectivity index (χ4v) is 7.15. The maximum Gasteiger partial charge on any atom is 0.257 e. The van der Waals surface area contributed by atoms with Gasteiger partial charge >= 0.3 is 0 Å². The molecule has 0 radical (unpaired) electrons. The Morgan fingerprint density at radius 2 is 1.44 bits per heavy atom. The topological polar surface area (TPSA) is 298 Å². The summed E-state index contributed by atoms with van der Waals surface area (Å²) < 4.78 is 0. The van der Waals surface area contributed by atoms with E-state index in [4.69, 9.17) is 22.9 Å². The van der Waals surface area contributed by atoms with Gasteiger partial charge in [0.05, 0.1) is 41.8 Å². The van der Waals surface area contributed by atoms with E-state index in [9.17, 15) is 28.8 Å². The van der Waals surface area contributed by atoms with Gasteiger partial charge in [-0.2, -0.15) is 0 Å². The fourth-order valence-electron chi connectivity index (χ4n) is 7.15. The van der Waals surface area contributed by atoms with Gasteiger partial charge < -0.3 is 44.2 Å². The molecule has 0 saturated carbocycles. The van der Waals surface area contributed by atoms with E-state index in [-0.39, 0.29) is 55.7 Å². The molecule has 2 aliphatic rings. The summed E-state index contributed by atoms with van der Waals surface area (Å²) >= 11 is 0. The summed E-state index contributed by atoms with van der Waals surface area (Å²) in [5, 5.41) is 13.6. The number of aliphatic imine (C=N–C) groups is 2. The largest absolute Gasteiger partial charge is 0.370 e. The van der Waals surface area contributed by atoms with Gasteiger partial charge in [0.2, 0.25) is 29.5 Å². The van der Waals surface area contributed by atoms with Crippen LogP contribution in [0.1, 0.15) is 75.1 Å². The second-order valence-electron chi connectivity index (χ2n) is 14.7. The highest BCUT2D eigenvalue weighted by molar-refractivity contribution is 6.18. The summed E-state index contributed by atoms with van der Waals surface area (Å²) in [5.74, 6) is -2.23. The van der Waals surface area contributed by atoms with Gasteiger partial charge in [-0.1, -0.05) is 37.1 Å². The number of imide groups is 1. The lowest BCUT2D eigenvalue weighted by Gasteiger charge is -2.33. The number of nitrogens with zero attached hydrogens (tertiary/aromatic N) is 4. The van der Waals surface area contributed by atoms with Gasteiger partial charge in [0, 0.05) is 20.0 Å². The van der Waals surface area contributed by atoms with Crippen molar-refractivity contribution in [3.8, 4) is 0 Å². The van der Waals surface area contributed by atoms with Crippen LogP contribution in [0.5, 0.6) is 0 Å². The first-order valence-corrected chi connectivity index (χ1v) is 20.1. The van der Waals surface area contributed by atoms with Crippen molar-refractivity contribution < 1.29 is 28.8 Å². The van der Waals surface area contributed by atoms with Crippen molar-refractivity contribution >= 4 is 64.4 Å². The van der Waals surface area contributed by atoms with E-state index < -0.39 is 29.8 Å². The number of carbonyl (C=O) groups is 6. The Hall–Kier alpha value is -6.08. The van der Waals surface area contributed by atoms with Crippen LogP contribution in [-0.2, 0) is 24.0 Å². The SMILES string of the molecule is CC(=O)NC(=O)[C@H](CCCN=C(N)N)NC(=O)CNC(=O)[C@H](CCCN=C(N)N)NCCCCC1CCN(CC(=O)N2c3ccccc3NC(=O)c3ccccc32)CC1. The fraction of sp³-hybridized carbons (Fsp3) is 0.500. The third-order valence-corrected chi connectivity index (χ3v) is 10.1. The first-order chi connectivity index (χ1) is 28.3. The first-order valence-electron chi connectivity index (χ1n) is 20.1. The van der Waals surface area contributed by atoms with Crippen LogP contribution >= 0.6 is 0 Å². The normalized spacial score (nSPS) is 14.9. The van der Waals surface area contributed by atoms with Gasteiger partial charge in [-0.25, -0.2) is 0 Å². The second kappa shape index (κ2) is 23.4. The van der Waals surface area contributed by atoms with Crippen LogP contribution < -0.4 is 54.4 Å². The minimum absolute atomic E-state index is 0.0427. The molecule has 0 spiro atoms. The van der Waals surface area contributed by atoms with Crippen LogP contribution in [0.4, 0.5) is 17.1 Å². The molecule has 2 aromatic rings. The molecule has 19 nitrogen and oxygen atoms in total. The molecule has 59 heavy (non-hydrogen) atoms. The zero-order valence-corrected chi connectivity index (χ0v) is 33.7. The summed E-state index contributed by atoms with van der Waals surface area (Å²) in [6.07, 6.45) is 6.14. The second-order valence-corrected chi connectivity index (χ2v) is 14.7. The van der Waals surface area contributed by atoms with E-state index in [0.717, 1.165) is 45.2 Å². The molecule has 13 N–H and O–H groups in total. The Bertz CT molecular complexity index is 1840. The van der Waals surface area contributed by atoms with Crippen molar-refractivity contribution in [3.05, 3.63) is 54.1 Å². The van der Waals surface area contributed by atoms with Crippen LogP contribution in [0.25, 0.3) is 0 Å². The number of guanidine groups is 2. The predicted molar refractivity (Wildman–Crippen MR) is 226 cm³/mol. The predicted octanol–water partition coefficient (Wildman–Crippen LogP) is 0.128. The smallest absolute Gasteiger partial charge is 0.257 e. The molecule has 0 unspecified atom stereocenters. The number of amides is 6. The highest BCUT2D eigenvalue weighted by Gasteiger charge is 2.31. The number of fused-ring (bicyclic) bond motifs is 2. The summed E-state index contributed by atoms with van der Waals surface area (Å²) in [7, 11) is 0. The molecule has 4 rings (SSSR count). The first kappa shape index (κ1) is 45.6. The average molecular weight is 818 g/mol. The van der Waals surface area contributed by atoms with E-state index in [1.54, 1.807) is 29.2 Å². The zero-order chi connectivity index (χ0) is 42.7. The van der Waals surface area contributed by atoms with Crippen LogP contribution in [0.3, 0.4) is 0 Å². The number of likely N-dealkylation sites (tertiary alicyclic amines) is 1. The third kappa shape index (κ3) is 15.0. The third-order valence-electron chi connectivity index (χ3n) is 10.1. The minimum Gasteiger partial charge on any atom is -0.370 e. The van der Waals surface area contributed by atoms with Gasteiger partial charge in [-0.15, -0.1) is 0 Å². The van der Waals surface area contributed by atoms with Crippen LogP contribution in [0, 0.1) is 5.92 Å². The lowest BCUT2D eigenvalue weighted by Crippen LogP contribution is -2.52. The summed E-state index contributed by atoms with van der Waals surface area (Å²) in [5.41, 5.74) is 23.9. The van der Waals surface area contributed by atoms with Crippen LogP contribution in [0.2, 0.25) is 0 Å². The Morgan fingerprint density at radius 3 is 2.10 bits per heavy atom. The number of nitrogens with one attached hydrogen (secondary N) is 5. The number of rotatable bonds is 21. The van der Waals surface area contributed by atoms with Gasteiger partial charge in [0.25, 0.3) is 5.91 Å². The van der Waals surface area contributed by atoms with Crippen molar-refractivity contribution in [1.29, 1.82) is 0 Å². The molecule has 2 heterocycles. The number of hydrogen-bond acceptors (Lipinski definition) is 10. The molecule has 2 atom stereocenters. The molecule has 1 saturated heterocycles. The highest BCUT2D eigenvalue weighted by Crippen LogP contribution is 2.38. The molecule has 1 fully saturated rings. The maximum absolute atomic E-state index is 13.9. The Morgan fingerprint density at radius 1 is 0.814 bits per heavy atom. The van der Waals surface area contributed by atoms with E-state index >= 15 is 0 Å². The minimum atomic E-state index is -1.04. The molecule has 2 aromatic carbocycles. The van der Waals surface area contributed by atoms with Crippen molar-refractivity contribution in [2.45, 2.75) is 76.8 Å². The monoisotopic (exact) mass is 817 g/mol. The summed E-state index contributed by atoms with van der Waals surface area (Å²) in [6.45, 7) is 3.74. The van der Waals surface area contributed by atoms with Crippen molar-refractivity contribution in [2.75, 3.05) is 56.0 Å². The van der Waals surface area contributed by atoms with Gasteiger partial charge in [-0.3, -0.25) is 53.9 Å². The zero-order valence-electron chi connectivity index (χ0n) is 33.7. The lowest BCUT2D eigenvalue weighted by molar-refractivity contribution is -0.133. The Labute approximate surface area is 344 Å². The number of unbranched alkanes of at least 4 members (excludes halogenated alkanes) is 1. The number of anilines is 3. The number of hydrogen-bond donors (Lipinski definition) is 9. The summed E-state index contributed by atoms with van der Waals surface area (Å²) in [4.78, 5) is 88.5. The molecule has 0 bridgehead atoms. The quantitative estimate of drug-likeness (QED) is 0.0462. The summed E-state index contributed by atoms with van der Waals surface area (Å²) in [6, 6.07) is 12.8. The molecule has 19 heteroatoms. The molecule has 2 aliphatic heterocycles. The van der Waals surface area contributed by atoms with Gasteiger partial charge in [-0.05, 0) is 94.8 Å². The van der Waals surface area contributed by atoms with E-state index in [1.165, 1.54) is 6.92 Å². The average Bonchev–Trinajstić information content (AvgIpc) is 3.32. The molecular formula is C40H59N13O6.